The molecule has 0 aliphatic carbocycles. The summed E-state index contributed by atoms with van der Waals surface area (Å²) in [5, 5.41) is 5.12. The van der Waals surface area contributed by atoms with Crippen LogP contribution in [0.1, 0.15) is 18.9 Å². The lowest BCUT2D eigenvalue weighted by atomic mass is 10.0. The monoisotopic (exact) mass is 337 g/mol. The lowest BCUT2D eigenvalue weighted by Gasteiger charge is -2.29. The number of rotatable bonds is 2. The second-order valence-electron chi connectivity index (χ2n) is 5.89. The molecule has 0 radical (unpaired) electrons. The zero-order valence-corrected chi connectivity index (χ0v) is 13.9. The van der Waals surface area contributed by atoms with Gasteiger partial charge in [0.2, 0.25) is 5.91 Å². The molecular formula is C19H19N3O3. The Hall–Kier alpha value is -3.15. The number of benzene rings is 2. The molecular weight excluding hydrogens is 318 g/mol. The van der Waals surface area contributed by atoms with E-state index in [1.165, 1.54) is 6.92 Å². The van der Waals surface area contributed by atoms with Crippen LogP contribution in [-0.4, -0.2) is 24.3 Å². The van der Waals surface area contributed by atoms with Crippen LogP contribution in [-0.2, 0) is 20.8 Å². The second-order valence-corrected chi connectivity index (χ2v) is 5.89. The van der Waals surface area contributed by atoms with E-state index >= 15 is 0 Å². The Morgan fingerprint density at radius 1 is 0.920 bits per heavy atom. The highest BCUT2D eigenvalue weighted by Gasteiger charge is 2.21. The number of carbonyl (C=O) groups is 3. The number of hydrogen-bond acceptors (Lipinski definition) is 3. The van der Waals surface area contributed by atoms with E-state index in [1.54, 1.807) is 41.3 Å². The molecule has 128 valence electrons. The number of nitrogens with one attached hydrogen (secondary N) is 2. The summed E-state index contributed by atoms with van der Waals surface area (Å²) in [6.45, 7) is 2.18. The largest absolute Gasteiger partial charge is 0.318 e. The van der Waals surface area contributed by atoms with Gasteiger partial charge in [0.05, 0.1) is 0 Å². The van der Waals surface area contributed by atoms with Gasteiger partial charge in [0.25, 0.3) is 0 Å². The van der Waals surface area contributed by atoms with Gasteiger partial charge in [-0.05, 0) is 42.7 Å². The first-order chi connectivity index (χ1) is 12.0. The lowest BCUT2D eigenvalue weighted by molar-refractivity contribution is -0.132. The molecule has 25 heavy (non-hydrogen) atoms. The summed E-state index contributed by atoms with van der Waals surface area (Å²) in [6.07, 6.45) is 1.81. The highest BCUT2D eigenvalue weighted by molar-refractivity contribution is 6.43. The Morgan fingerprint density at radius 2 is 1.60 bits per heavy atom. The van der Waals surface area contributed by atoms with E-state index in [4.69, 9.17) is 0 Å². The third-order valence-electron chi connectivity index (χ3n) is 4.08. The number of amides is 3. The van der Waals surface area contributed by atoms with Gasteiger partial charge in [-0.15, -0.1) is 0 Å². The van der Waals surface area contributed by atoms with Crippen molar-refractivity contribution in [2.45, 2.75) is 19.8 Å². The Balaban J connectivity index is 1.72. The first-order valence-corrected chi connectivity index (χ1v) is 8.13. The van der Waals surface area contributed by atoms with Crippen LogP contribution in [0.2, 0.25) is 0 Å². The Kier molecular flexibility index (Phi) is 4.79. The molecule has 0 saturated heterocycles. The summed E-state index contributed by atoms with van der Waals surface area (Å²) >= 11 is 0. The fraction of sp³-hybridized carbons (Fsp3) is 0.211. The Bertz CT molecular complexity index is 818. The number of para-hydroxylation sites is 1. The zero-order chi connectivity index (χ0) is 17.8. The van der Waals surface area contributed by atoms with Crippen molar-refractivity contribution in [2.75, 3.05) is 22.1 Å². The minimum Gasteiger partial charge on any atom is -0.318 e. The fourth-order valence-electron chi connectivity index (χ4n) is 2.88. The molecule has 6 nitrogen and oxygen atoms in total. The molecule has 1 aliphatic rings. The van der Waals surface area contributed by atoms with Gasteiger partial charge in [-0.2, -0.15) is 0 Å². The van der Waals surface area contributed by atoms with Gasteiger partial charge in [-0.3, -0.25) is 14.4 Å². The molecule has 0 spiro atoms. The topological polar surface area (TPSA) is 78.5 Å². The molecule has 2 N–H and O–H groups in total. The number of fused-ring (bicyclic) bond motifs is 1. The summed E-state index contributed by atoms with van der Waals surface area (Å²) in [7, 11) is 0. The third kappa shape index (κ3) is 3.85. The number of carbonyl (C=O) groups excluding carboxylic acids is 3. The maximum atomic E-state index is 12.1. The molecule has 6 heteroatoms. The van der Waals surface area contributed by atoms with E-state index in [9.17, 15) is 14.4 Å². The van der Waals surface area contributed by atoms with Gasteiger partial charge in [0, 0.05) is 30.5 Å². The van der Waals surface area contributed by atoms with Gasteiger partial charge < -0.3 is 15.5 Å². The predicted octanol–water partition coefficient (Wildman–Crippen LogP) is 2.56. The molecule has 0 aromatic heterocycles. The van der Waals surface area contributed by atoms with Crippen LogP contribution in [0, 0.1) is 0 Å². The van der Waals surface area contributed by atoms with Gasteiger partial charge in [0.1, 0.15) is 0 Å². The first-order valence-electron chi connectivity index (χ1n) is 8.13. The summed E-state index contributed by atoms with van der Waals surface area (Å²) < 4.78 is 0. The summed E-state index contributed by atoms with van der Waals surface area (Å²) in [6, 6.07) is 14.1. The van der Waals surface area contributed by atoms with Crippen molar-refractivity contribution >= 4 is 34.8 Å². The van der Waals surface area contributed by atoms with Crippen molar-refractivity contribution in [1.82, 2.24) is 0 Å². The van der Waals surface area contributed by atoms with Crippen LogP contribution in [0.3, 0.4) is 0 Å². The van der Waals surface area contributed by atoms with Gasteiger partial charge >= 0.3 is 11.8 Å². The molecule has 3 rings (SSSR count). The van der Waals surface area contributed by atoms with E-state index in [-0.39, 0.29) is 5.91 Å². The van der Waals surface area contributed by atoms with Gasteiger partial charge in [-0.1, -0.05) is 24.3 Å². The van der Waals surface area contributed by atoms with Crippen molar-refractivity contribution in [3.63, 3.8) is 0 Å². The molecule has 0 unspecified atom stereocenters. The van der Waals surface area contributed by atoms with Crippen LogP contribution >= 0.6 is 0 Å². The maximum Gasteiger partial charge on any atom is 0.314 e. The van der Waals surface area contributed by atoms with E-state index in [0.29, 0.717) is 17.9 Å². The van der Waals surface area contributed by atoms with E-state index in [0.717, 1.165) is 24.1 Å². The number of nitrogens with zero attached hydrogens (tertiary/aromatic N) is 1. The minimum absolute atomic E-state index is 0.0359. The highest BCUT2D eigenvalue weighted by atomic mass is 16.2. The van der Waals surface area contributed by atoms with Gasteiger partial charge in [0.15, 0.2) is 0 Å². The molecule has 0 saturated carbocycles. The van der Waals surface area contributed by atoms with E-state index < -0.39 is 11.8 Å². The maximum absolute atomic E-state index is 12.1. The lowest BCUT2D eigenvalue weighted by Crippen LogP contribution is -2.34. The first kappa shape index (κ1) is 16.7. The quantitative estimate of drug-likeness (QED) is 0.827. The number of hydrogen-bond donors (Lipinski definition) is 2. The molecule has 1 aliphatic heterocycles. The molecule has 1 heterocycles. The molecule has 3 amide bonds. The van der Waals surface area contributed by atoms with Crippen molar-refractivity contribution in [1.29, 1.82) is 0 Å². The minimum atomic E-state index is -0.756. The molecule has 0 bridgehead atoms. The smallest absolute Gasteiger partial charge is 0.314 e. The standard InChI is InChI=1S/C19H19N3O3/c1-13(23)22-11-5-6-14-9-10-16(12-17(14)22)21-19(25)18(24)20-15-7-3-2-4-8-15/h2-4,7-10,12H,5-6,11H2,1H3,(H,20,24)(H,21,25). The molecule has 2 aromatic rings. The van der Waals surface area contributed by atoms with Crippen molar-refractivity contribution in [2.24, 2.45) is 0 Å². The summed E-state index contributed by atoms with van der Waals surface area (Å²) in [5.74, 6) is -1.53. The molecule has 0 fully saturated rings. The summed E-state index contributed by atoms with van der Waals surface area (Å²) in [4.78, 5) is 37.6. The Labute approximate surface area is 145 Å². The van der Waals surface area contributed by atoms with Crippen LogP contribution in [0.25, 0.3) is 0 Å². The molecule has 0 atom stereocenters. The van der Waals surface area contributed by atoms with Crippen LogP contribution in [0.15, 0.2) is 48.5 Å². The second kappa shape index (κ2) is 7.17. The van der Waals surface area contributed by atoms with E-state index in [1.807, 2.05) is 12.1 Å². The average molecular weight is 337 g/mol. The van der Waals surface area contributed by atoms with Crippen molar-refractivity contribution in [3.05, 3.63) is 54.1 Å². The number of anilines is 3. The Morgan fingerprint density at radius 3 is 2.28 bits per heavy atom. The van der Waals surface area contributed by atoms with Crippen molar-refractivity contribution < 1.29 is 14.4 Å². The molecule has 2 aromatic carbocycles. The summed E-state index contributed by atoms with van der Waals surface area (Å²) in [5.41, 5.74) is 2.89. The highest BCUT2D eigenvalue weighted by Crippen LogP contribution is 2.30. The van der Waals surface area contributed by atoms with Crippen LogP contribution in [0.5, 0.6) is 0 Å². The fourth-order valence-corrected chi connectivity index (χ4v) is 2.88. The van der Waals surface area contributed by atoms with Crippen LogP contribution in [0.4, 0.5) is 17.1 Å². The average Bonchev–Trinajstić information content (AvgIpc) is 2.61. The van der Waals surface area contributed by atoms with Crippen molar-refractivity contribution in [3.8, 4) is 0 Å². The zero-order valence-electron chi connectivity index (χ0n) is 13.9. The SMILES string of the molecule is CC(=O)N1CCCc2ccc(NC(=O)C(=O)Nc3ccccc3)cc21. The predicted molar refractivity (Wildman–Crippen MR) is 96.5 cm³/mol. The van der Waals surface area contributed by atoms with Gasteiger partial charge in [-0.25, -0.2) is 0 Å². The van der Waals surface area contributed by atoms with Crippen LogP contribution < -0.4 is 15.5 Å². The van der Waals surface area contributed by atoms with E-state index in [2.05, 4.69) is 10.6 Å². The third-order valence-corrected chi connectivity index (χ3v) is 4.08. The normalized spacial score (nSPS) is 12.9. The number of aryl methyl sites for hydroxylation is 1.